The molecule has 1 aromatic rings. The SMILES string of the molecule is CCNC(C(N)=O)C(C)n1cc(Br)cn1. The number of carbonyl (C=O) groups excluding carboxylic acids is 1. The lowest BCUT2D eigenvalue weighted by molar-refractivity contribution is -0.121. The molecule has 2 atom stereocenters. The molecule has 0 aliphatic rings. The molecule has 0 radical (unpaired) electrons. The molecule has 2 unspecified atom stereocenters. The predicted octanol–water partition coefficient (Wildman–Crippen LogP) is 0.670. The molecule has 15 heavy (non-hydrogen) atoms. The smallest absolute Gasteiger partial charge is 0.236 e. The van der Waals surface area contributed by atoms with E-state index in [2.05, 4.69) is 26.3 Å². The third-order valence-electron chi connectivity index (χ3n) is 2.20. The lowest BCUT2D eigenvalue weighted by Gasteiger charge is -2.21. The van der Waals surface area contributed by atoms with Crippen LogP contribution in [0.4, 0.5) is 0 Å². The number of aromatic nitrogens is 2. The van der Waals surface area contributed by atoms with Crippen LogP contribution in [0.15, 0.2) is 16.9 Å². The molecule has 0 bridgehead atoms. The molecule has 84 valence electrons. The van der Waals surface area contributed by atoms with Gasteiger partial charge in [0, 0.05) is 6.20 Å². The van der Waals surface area contributed by atoms with Crippen LogP contribution in [0.5, 0.6) is 0 Å². The highest BCUT2D eigenvalue weighted by atomic mass is 79.9. The van der Waals surface area contributed by atoms with Crippen LogP contribution in [0.25, 0.3) is 0 Å². The van der Waals surface area contributed by atoms with Gasteiger partial charge in [-0.25, -0.2) is 0 Å². The van der Waals surface area contributed by atoms with Gasteiger partial charge in [-0.15, -0.1) is 0 Å². The molecule has 1 rings (SSSR count). The number of halogens is 1. The molecular formula is C9H15BrN4O. The summed E-state index contributed by atoms with van der Waals surface area (Å²) in [5, 5.41) is 7.16. The fourth-order valence-corrected chi connectivity index (χ4v) is 1.72. The second kappa shape index (κ2) is 5.27. The minimum Gasteiger partial charge on any atom is -0.368 e. The van der Waals surface area contributed by atoms with E-state index in [1.807, 2.05) is 20.0 Å². The van der Waals surface area contributed by atoms with Crippen molar-refractivity contribution in [3.05, 3.63) is 16.9 Å². The Morgan fingerprint density at radius 2 is 2.47 bits per heavy atom. The van der Waals surface area contributed by atoms with Crippen LogP contribution in [0.3, 0.4) is 0 Å². The third kappa shape index (κ3) is 3.04. The number of carbonyl (C=O) groups is 1. The van der Waals surface area contributed by atoms with Crippen molar-refractivity contribution in [2.75, 3.05) is 6.54 Å². The van der Waals surface area contributed by atoms with E-state index in [9.17, 15) is 4.79 Å². The summed E-state index contributed by atoms with van der Waals surface area (Å²) < 4.78 is 2.59. The Morgan fingerprint density at radius 1 is 1.80 bits per heavy atom. The van der Waals surface area contributed by atoms with Crippen LogP contribution in [0, 0.1) is 0 Å². The van der Waals surface area contributed by atoms with Crippen molar-refractivity contribution in [2.45, 2.75) is 25.9 Å². The first-order valence-corrected chi connectivity index (χ1v) is 5.58. The average Bonchev–Trinajstić information content (AvgIpc) is 2.59. The minimum absolute atomic E-state index is 0.103. The van der Waals surface area contributed by atoms with E-state index in [0.29, 0.717) is 6.54 Å². The molecule has 0 aliphatic heterocycles. The van der Waals surface area contributed by atoms with E-state index in [1.54, 1.807) is 10.9 Å². The number of nitrogens with zero attached hydrogens (tertiary/aromatic N) is 2. The van der Waals surface area contributed by atoms with Crippen molar-refractivity contribution < 1.29 is 4.79 Å². The number of rotatable bonds is 5. The lowest BCUT2D eigenvalue weighted by atomic mass is 10.1. The largest absolute Gasteiger partial charge is 0.368 e. The zero-order valence-electron chi connectivity index (χ0n) is 8.77. The Labute approximate surface area is 97.1 Å². The highest BCUT2D eigenvalue weighted by Crippen LogP contribution is 2.14. The Balaban J connectivity index is 2.80. The van der Waals surface area contributed by atoms with E-state index >= 15 is 0 Å². The van der Waals surface area contributed by atoms with Crippen molar-refractivity contribution in [1.82, 2.24) is 15.1 Å². The van der Waals surface area contributed by atoms with Gasteiger partial charge in [-0.2, -0.15) is 5.10 Å². The first-order chi connectivity index (χ1) is 7.06. The number of primary amides is 1. The van der Waals surface area contributed by atoms with Crippen LogP contribution in [-0.2, 0) is 4.79 Å². The van der Waals surface area contributed by atoms with Crippen molar-refractivity contribution in [2.24, 2.45) is 5.73 Å². The van der Waals surface area contributed by atoms with E-state index in [1.165, 1.54) is 0 Å². The second-order valence-electron chi connectivity index (χ2n) is 3.32. The number of likely N-dealkylation sites (N-methyl/N-ethyl adjacent to an activating group) is 1. The second-order valence-corrected chi connectivity index (χ2v) is 4.23. The molecular weight excluding hydrogens is 260 g/mol. The van der Waals surface area contributed by atoms with Gasteiger partial charge in [0.05, 0.1) is 16.7 Å². The summed E-state index contributed by atoms with van der Waals surface area (Å²) in [5.41, 5.74) is 5.31. The highest BCUT2D eigenvalue weighted by Gasteiger charge is 2.23. The Hall–Kier alpha value is -0.880. The summed E-state index contributed by atoms with van der Waals surface area (Å²) in [6, 6.07) is -0.504. The molecule has 0 fully saturated rings. The fraction of sp³-hybridized carbons (Fsp3) is 0.556. The van der Waals surface area contributed by atoms with Gasteiger partial charge in [-0.05, 0) is 29.4 Å². The zero-order chi connectivity index (χ0) is 11.4. The number of hydrogen-bond acceptors (Lipinski definition) is 3. The van der Waals surface area contributed by atoms with Crippen molar-refractivity contribution in [3.63, 3.8) is 0 Å². The molecule has 6 heteroatoms. The van der Waals surface area contributed by atoms with Gasteiger partial charge in [-0.3, -0.25) is 9.48 Å². The lowest BCUT2D eigenvalue weighted by Crippen LogP contribution is -2.46. The first-order valence-electron chi connectivity index (χ1n) is 4.78. The molecule has 0 aromatic carbocycles. The van der Waals surface area contributed by atoms with Gasteiger partial charge in [0.1, 0.15) is 6.04 Å². The van der Waals surface area contributed by atoms with Crippen molar-refractivity contribution in [3.8, 4) is 0 Å². The van der Waals surface area contributed by atoms with E-state index in [-0.39, 0.29) is 11.9 Å². The molecule has 0 saturated carbocycles. The van der Waals surface area contributed by atoms with Gasteiger partial charge in [0.15, 0.2) is 0 Å². The Morgan fingerprint density at radius 3 is 2.87 bits per heavy atom. The Kier molecular flexibility index (Phi) is 4.28. The number of nitrogens with one attached hydrogen (secondary N) is 1. The number of hydrogen-bond donors (Lipinski definition) is 2. The first kappa shape index (κ1) is 12.2. The molecule has 0 saturated heterocycles. The summed E-state index contributed by atoms with van der Waals surface area (Å²) >= 11 is 3.31. The van der Waals surface area contributed by atoms with E-state index in [0.717, 1.165) is 4.47 Å². The van der Waals surface area contributed by atoms with Gasteiger partial charge in [0.25, 0.3) is 0 Å². The maximum absolute atomic E-state index is 11.2. The molecule has 0 spiro atoms. The topological polar surface area (TPSA) is 72.9 Å². The van der Waals surface area contributed by atoms with Gasteiger partial charge in [0.2, 0.25) is 5.91 Å². The van der Waals surface area contributed by atoms with E-state index in [4.69, 9.17) is 5.73 Å². The molecule has 1 heterocycles. The monoisotopic (exact) mass is 274 g/mol. The van der Waals surface area contributed by atoms with E-state index < -0.39 is 6.04 Å². The molecule has 1 amide bonds. The summed E-state index contributed by atoms with van der Waals surface area (Å²) in [5.74, 6) is -0.365. The standard InChI is InChI=1S/C9H15BrN4O/c1-3-12-8(9(11)15)6(2)14-5-7(10)4-13-14/h4-6,8,12H,3H2,1-2H3,(H2,11,15). The molecule has 1 aromatic heterocycles. The van der Waals surface area contributed by atoms with Gasteiger partial charge < -0.3 is 11.1 Å². The summed E-state index contributed by atoms with van der Waals surface area (Å²) in [4.78, 5) is 11.2. The van der Waals surface area contributed by atoms with Crippen LogP contribution in [-0.4, -0.2) is 28.3 Å². The maximum Gasteiger partial charge on any atom is 0.236 e. The average molecular weight is 275 g/mol. The van der Waals surface area contributed by atoms with Crippen LogP contribution >= 0.6 is 15.9 Å². The van der Waals surface area contributed by atoms with Gasteiger partial charge >= 0.3 is 0 Å². The summed E-state index contributed by atoms with van der Waals surface area (Å²) in [7, 11) is 0. The van der Waals surface area contributed by atoms with Crippen LogP contribution in [0.2, 0.25) is 0 Å². The quantitative estimate of drug-likeness (QED) is 0.829. The summed E-state index contributed by atoms with van der Waals surface area (Å²) in [6.07, 6.45) is 3.50. The summed E-state index contributed by atoms with van der Waals surface area (Å²) in [6.45, 7) is 4.53. The van der Waals surface area contributed by atoms with Crippen LogP contribution in [0.1, 0.15) is 19.9 Å². The number of nitrogens with two attached hydrogens (primary N) is 1. The number of amides is 1. The molecule has 3 N–H and O–H groups in total. The third-order valence-corrected chi connectivity index (χ3v) is 2.61. The minimum atomic E-state index is -0.401. The Bertz CT molecular complexity index is 339. The molecule has 0 aliphatic carbocycles. The fourth-order valence-electron chi connectivity index (χ4n) is 1.42. The van der Waals surface area contributed by atoms with Crippen molar-refractivity contribution in [1.29, 1.82) is 0 Å². The normalized spacial score (nSPS) is 14.9. The zero-order valence-corrected chi connectivity index (χ0v) is 10.4. The maximum atomic E-state index is 11.2. The van der Waals surface area contributed by atoms with Crippen LogP contribution < -0.4 is 11.1 Å². The van der Waals surface area contributed by atoms with Crippen molar-refractivity contribution >= 4 is 21.8 Å². The molecule has 5 nitrogen and oxygen atoms in total. The predicted molar refractivity (Wildman–Crippen MR) is 61.3 cm³/mol. The highest BCUT2D eigenvalue weighted by molar-refractivity contribution is 9.10. The van der Waals surface area contributed by atoms with Gasteiger partial charge in [-0.1, -0.05) is 6.92 Å².